The van der Waals surface area contributed by atoms with E-state index in [0.29, 0.717) is 16.9 Å². The lowest BCUT2D eigenvalue weighted by Gasteiger charge is -2.17. The van der Waals surface area contributed by atoms with Gasteiger partial charge in [-0.3, -0.25) is 15.6 Å². The van der Waals surface area contributed by atoms with E-state index in [4.69, 9.17) is 0 Å². The summed E-state index contributed by atoms with van der Waals surface area (Å²) in [4.78, 5) is 11.5. The number of carbonyl (C=O) groups is 1. The summed E-state index contributed by atoms with van der Waals surface area (Å²) in [6.45, 7) is 0.254. The van der Waals surface area contributed by atoms with Crippen LogP contribution in [0.2, 0.25) is 0 Å². The molecule has 1 aliphatic rings. The highest BCUT2D eigenvalue weighted by molar-refractivity contribution is 5.99. The number of rotatable bonds is 2. The highest BCUT2D eigenvalue weighted by Crippen LogP contribution is 2.18. The Bertz CT molecular complexity index is 609. The number of amides is 1. The zero-order valence-corrected chi connectivity index (χ0v) is 9.27. The number of benzene rings is 1. The fourth-order valence-electron chi connectivity index (χ4n) is 1.81. The maximum Gasteiger partial charge on any atom is 0.272 e. The van der Waals surface area contributed by atoms with Crippen molar-refractivity contribution in [2.75, 3.05) is 5.43 Å². The van der Waals surface area contributed by atoms with Gasteiger partial charge < -0.3 is 0 Å². The number of hydrogen-bond acceptors (Lipinski definition) is 4. The molecule has 1 aromatic heterocycles. The van der Waals surface area contributed by atoms with Gasteiger partial charge in [-0.25, -0.2) is 9.07 Å². The lowest BCUT2D eigenvalue weighted by atomic mass is 10.2. The Morgan fingerprint density at radius 3 is 2.94 bits per heavy atom. The van der Waals surface area contributed by atoms with Gasteiger partial charge in [-0.05, 0) is 6.07 Å². The van der Waals surface area contributed by atoms with Crippen LogP contribution in [0, 0.1) is 5.82 Å². The number of hydrazine groups is 2. The van der Waals surface area contributed by atoms with Gasteiger partial charge in [-0.1, -0.05) is 18.2 Å². The molecule has 0 saturated heterocycles. The molecule has 0 radical (unpaired) electrons. The van der Waals surface area contributed by atoms with E-state index in [-0.39, 0.29) is 18.3 Å². The van der Waals surface area contributed by atoms with Crippen molar-refractivity contribution in [3.05, 3.63) is 47.4 Å². The standard InChI is InChI=1S/C11H10FN5O/c12-9-4-2-1-3-7(9)6-17-10-8(5-13-17)11(18)15-16-14-10/h1-5,14,16H,6H2,(H,15,18). The Kier molecular flexibility index (Phi) is 2.45. The summed E-state index contributed by atoms with van der Waals surface area (Å²) in [5.41, 5.74) is 8.62. The molecule has 0 atom stereocenters. The first-order valence-corrected chi connectivity index (χ1v) is 5.36. The molecule has 1 aliphatic heterocycles. The van der Waals surface area contributed by atoms with Crippen molar-refractivity contribution in [2.24, 2.45) is 0 Å². The highest BCUT2D eigenvalue weighted by atomic mass is 19.1. The van der Waals surface area contributed by atoms with Gasteiger partial charge in [0, 0.05) is 5.56 Å². The molecule has 2 aromatic rings. The van der Waals surface area contributed by atoms with E-state index < -0.39 is 0 Å². The first-order chi connectivity index (χ1) is 8.75. The van der Waals surface area contributed by atoms with Gasteiger partial charge in [-0.2, -0.15) is 5.10 Å². The van der Waals surface area contributed by atoms with Crippen LogP contribution in [0.5, 0.6) is 0 Å². The van der Waals surface area contributed by atoms with Crippen molar-refractivity contribution in [1.29, 1.82) is 0 Å². The molecule has 0 spiro atoms. The molecule has 0 saturated carbocycles. The largest absolute Gasteiger partial charge is 0.287 e. The Morgan fingerprint density at radius 1 is 1.28 bits per heavy atom. The fraction of sp³-hybridized carbons (Fsp3) is 0.0909. The van der Waals surface area contributed by atoms with Crippen LogP contribution >= 0.6 is 0 Å². The Labute approximate surface area is 102 Å². The number of nitrogens with zero attached hydrogens (tertiary/aromatic N) is 2. The highest BCUT2D eigenvalue weighted by Gasteiger charge is 2.21. The molecule has 2 heterocycles. The molecule has 0 fully saturated rings. The van der Waals surface area contributed by atoms with Crippen LogP contribution in [0.4, 0.5) is 10.2 Å². The third-order valence-electron chi connectivity index (χ3n) is 2.72. The SMILES string of the molecule is O=C1NNNc2c1cnn2Cc1ccccc1F. The Hall–Kier alpha value is -2.41. The number of hydrogen-bond donors (Lipinski definition) is 3. The minimum absolute atomic E-state index is 0.254. The quantitative estimate of drug-likeness (QED) is 0.728. The first kappa shape index (κ1) is 10.7. The second-order valence-electron chi connectivity index (χ2n) is 3.86. The van der Waals surface area contributed by atoms with Gasteiger partial charge in [0.2, 0.25) is 0 Å². The van der Waals surface area contributed by atoms with Crippen molar-refractivity contribution in [2.45, 2.75) is 6.54 Å². The van der Waals surface area contributed by atoms with E-state index in [1.54, 1.807) is 18.2 Å². The van der Waals surface area contributed by atoms with Crippen LogP contribution < -0.4 is 16.4 Å². The molecule has 0 unspecified atom stereocenters. The van der Waals surface area contributed by atoms with E-state index in [2.05, 4.69) is 21.5 Å². The van der Waals surface area contributed by atoms with Crippen molar-refractivity contribution in [3.63, 3.8) is 0 Å². The van der Waals surface area contributed by atoms with Crippen molar-refractivity contribution < 1.29 is 9.18 Å². The van der Waals surface area contributed by atoms with E-state index in [1.165, 1.54) is 16.9 Å². The topological polar surface area (TPSA) is 71.0 Å². The average Bonchev–Trinajstić information content (AvgIpc) is 2.77. The zero-order chi connectivity index (χ0) is 12.5. The second kappa shape index (κ2) is 4.11. The molecule has 3 rings (SSSR count). The van der Waals surface area contributed by atoms with Gasteiger partial charge in [0.15, 0.2) is 5.82 Å². The minimum Gasteiger partial charge on any atom is -0.287 e. The molecule has 3 N–H and O–H groups in total. The van der Waals surface area contributed by atoms with E-state index >= 15 is 0 Å². The molecule has 18 heavy (non-hydrogen) atoms. The number of nitrogens with one attached hydrogen (secondary N) is 3. The van der Waals surface area contributed by atoms with Gasteiger partial charge in [0.25, 0.3) is 5.91 Å². The van der Waals surface area contributed by atoms with Gasteiger partial charge in [0.05, 0.1) is 12.7 Å². The molecular weight excluding hydrogens is 237 g/mol. The maximum atomic E-state index is 13.5. The predicted octanol–water partition coefficient (Wildman–Crippen LogP) is 0.645. The van der Waals surface area contributed by atoms with Crippen molar-refractivity contribution in [3.8, 4) is 0 Å². The van der Waals surface area contributed by atoms with Gasteiger partial charge in [-0.15, -0.1) is 5.53 Å². The lowest BCUT2D eigenvalue weighted by molar-refractivity contribution is 0.0931. The molecule has 1 aromatic carbocycles. The summed E-state index contributed by atoms with van der Waals surface area (Å²) in [6.07, 6.45) is 1.44. The molecule has 92 valence electrons. The Balaban J connectivity index is 1.95. The van der Waals surface area contributed by atoms with Crippen LogP contribution in [0.25, 0.3) is 0 Å². The fourth-order valence-corrected chi connectivity index (χ4v) is 1.81. The van der Waals surface area contributed by atoms with Crippen molar-refractivity contribution in [1.82, 2.24) is 20.7 Å². The first-order valence-electron chi connectivity index (χ1n) is 5.36. The zero-order valence-electron chi connectivity index (χ0n) is 9.27. The third-order valence-corrected chi connectivity index (χ3v) is 2.72. The summed E-state index contributed by atoms with van der Waals surface area (Å²) in [5.74, 6) is -0.0551. The second-order valence-corrected chi connectivity index (χ2v) is 3.86. The number of fused-ring (bicyclic) bond motifs is 1. The maximum absolute atomic E-state index is 13.5. The van der Waals surface area contributed by atoms with Crippen LogP contribution in [-0.4, -0.2) is 15.7 Å². The monoisotopic (exact) mass is 247 g/mol. The van der Waals surface area contributed by atoms with E-state index in [1.807, 2.05) is 0 Å². The van der Waals surface area contributed by atoms with E-state index in [9.17, 15) is 9.18 Å². The summed E-state index contributed by atoms with van der Waals surface area (Å²) in [6, 6.07) is 6.46. The molecular formula is C11H10FN5O. The Morgan fingerprint density at radius 2 is 2.11 bits per heavy atom. The molecule has 7 heteroatoms. The molecule has 0 bridgehead atoms. The smallest absolute Gasteiger partial charge is 0.272 e. The molecule has 1 amide bonds. The van der Waals surface area contributed by atoms with Crippen molar-refractivity contribution >= 4 is 11.7 Å². The normalized spacial score (nSPS) is 13.7. The summed E-state index contributed by atoms with van der Waals surface area (Å²) >= 11 is 0. The van der Waals surface area contributed by atoms with Gasteiger partial charge >= 0.3 is 0 Å². The average molecular weight is 247 g/mol. The van der Waals surface area contributed by atoms with E-state index in [0.717, 1.165) is 0 Å². The van der Waals surface area contributed by atoms with Crippen LogP contribution in [-0.2, 0) is 6.54 Å². The number of halogens is 1. The van der Waals surface area contributed by atoms with Crippen LogP contribution in [0.15, 0.2) is 30.5 Å². The summed E-state index contributed by atoms with van der Waals surface area (Å²) in [5, 5.41) is 4.07. The minimum atomic E-state index is -0.296. The number of anilines is 1. The summed E-state index contributed by atoms with van der Waals surface area (Å²) < 4.78 is 15.1. The van der Waals surface area contributed by atoms with Crippen LogP contribution in [0.1, 0.15) is 15.9 Å². The summed E-state index contributed by atoms with van der Waals surface area (Å²) in [7, 11) is 0. The predicted molar refractivity (Wildman–Crippen MR) is 62.0 cm³/mol. The molecule has 0 aliphatic carbocycles. The third kappa shape index (κ3) is 1.70. The number of aromatic nitrogens is 2. The van der Waals surface area contributed by atoms with Gasteiger partial charge in [0.1, 0.15) is 11.4 Å². The number of carbonyl (C=O) groups excluding carboxylic acids is 1. The lowest BCUT2D eigenvalue weighted by Crippen LogP contribution is -2.46. The molecule has 6 nitrogen and oxygen atoms in total. The van der Waals surface area contributed by atoms with Crippen LogP contribution in [0.3, 0.4) is 0 Å².